The van der Waals surface area contributed by atoms with Gasteiger partial charge < -0.3 is 66.2 Å². The largest absolute Gasteiger partial charge is 0.488 e. The van der Waals surface area contributed by atoms with E-state index in [1.165, 1.54) is 30.3 Å². The molecule has 2 aliphatic heterocycles. The Hall–Kier alpha value is -6.28. The first-order valence-electron chi connectivity index (χ1n) is 24.0. The van der Waals surface area contributed by atoms with Crippen molar-refractivity contribution in [2.45, 2.75) is 74.9 Å². The second-order valence-electron chi connectivity index (χ2n) is 16.5. The molecule has 25 heteroatoms. The van der Waals surface area contributed by atoms with Crippen LogP contribution in [0.1, 0.15) is 56.9 Å². The summed E-state index contributed by atoms with van der Waals surface area (Å²) in [4.78, 5) is 67.3. The molecule has 0 radical (unpaired) electrons. The van der Waals surface area contributed by atoms with Crippen molar-refractivity contribution in [1.82, 2.24) is 36.6 Å². The Morgan fingerprint density at radius 2 is 1.36 bits per heavy atom. The average molecular weight is 1050 g/mol. The van der Waals surface area contributed by atoms with Crippen molar-refractivity contribution < 1.29 is 65.2 Å². The van der Waals surface area contributed by atoms with Crippen LogP contribution >= 0.6 is 11.8 Å². The van der Waals surface area contributed by atoms with Gasteiger partial charge >= 0.3 is 12.2 Å². The average Bonchev–Trinajstić information content (AvgIpc) is 3.91. The number of nitrogens with zero attached hydrogens (tertiary/aromatic N) is 2. The number of halogens is 4. The fourth-order valence-corrected chi connectivity index (χ4v) is 8.82. The highest BCUT2D eigenvalue weighted by Gasteiger charge is 2.42. The summed E-state index contributed by atoms with van der Waals surface area (Å²) < 4.78 is 83.8. The quantitative estimate of drug-likeness (QED) is 0.0161. The van der Waals surface area contributed by atoms with Crippen LogP contribution in [0.3, 0.4) is 0 Å². The Morgan fingerprint density at radius 3 is 2.03 bits per heavy atom. The maximum Gasteiger partial charge on any atom is 0.421 e. The molecule has 3 aromatic rings. The summed E-state index contributed by atoms with van der Waals surface area (Å²) in [7, 11) is 0. The summed E-state index contributed by atoms with van der Waals surface area (Å²) in [6, 6.07) is 10.0. The molecule has 400 valence electrons. The van der Waals surface area contributed by atoms with E-state index in [1.807, 2.05) is 11.8 Å². The molecule has 6 amide bonds. The topological polar surface area (TPSA) is 254 Å². The number of ether oxygens (including phenoxy) is 5. The number of carbonyl (C=O) groups is 5. The Morgan fingerprint density at radius 1 is 0.740 bits per heavy atom. The van der Waals surface area contributed by atoms with E-state index in [1.54, 1.807) is 6.07 Å². The van der Waals surface area contributed by atoms with Crippen molar-refractivity contribution in [3.05, 3.63) is 72.7 Å². The number of thioether (sulfide) groups is 1. The van der Waals surface area contributed by atoms with E-state index in [-0.39, 0.29) is 98.1 Å². The van der Waals surface area contributed by atoms with Crippen molar-refractivity contribution in [3.8, 4) is 5.75 Å². The van der Waals surface area contributed by atoms with Crippen LogP contribution < -0.4 is 47.3 Å². The summed E-state index contributed by atoms with van der Waals surface area (Å²) in [6.07, 6.45) is 1.03. The number of nitrogens with one attached hydrogen (secondary N) is 8. The van der Waals surface area contributed by atoms with Crippen molar-refractivity contribution >= 4 is 70.3 Å². The third-order valence-corrected chi connectivity index (χ3v) is 12.4. The molecule has 2 fully saturated rings. The third-order valence-electron chi connectivity index (χ3n) is 10.9. The van der Waals surface area contributed by atoms with Gasteiger partial charge in [-0.1, -0.05) is 12.6 Å². The SMILES string of the molecule is C=CC(=O)Nc1cccc(Nc2nc(Nc3ccc(OCCOCCNC(=O)CCCC(=O)NCCCOCCOCCOCCCNC(=O)CCCC4SC[C@@H]5NC(=O)N[C@H]45)c(F)c3)ncc2C(F)(F)F)c1. The van der Waals surface area contributed by atoms with Gasteiger partial charge in [-0.25, -0.2) is 14.2 Å². The standard InChI is InChI=1S/C48H64F4N10O10S/c1-2-40(63)57-32-8-3-9-33(28-32)58-45-35(48(50,51)52)30-56-46(62-45)59-34-14-15-38(36(49)29-34)72-27-26-70-21-18-55-43(66)13-5-12-42(65)54-17-7-20-69-23-25-71-24-22-68-19-6-16-53-41(64)11-4-10-39-44-37(31-73-39)60-47(67)61-44/h2-3,8-9,14-15,28-30,37,39,44H,1,4-7,10-13,16-27,31H2,(H,53,64)(H,54,65)(H,55,66)(H,57,63)(H2,60,61,67)(H2,56,58,59,62)/t37-,39?,44-/m0/s1. The Labute approximate surface area is 425 Å². The van der Waals surface area contributed by atoms with Crippen LogP contribution in [0.5, 0.6) is 5.75 Å². The lowest BCUT2D eigenvalue weighted by atomic mass is 10.0. The number of hydrogen-bond acceptors (Lipinski definition) is 15. The molecule has 3 heterocycles. The monoisotopic (exact) mass is 1050 g/mol. The summed E-state index contributed by atoms with van der Waals surface area (Å²) in [5, 5.41) is 22.5. The molecule has 1 unspecified atom stereocenters. The number of alkyl halides is 3. The van der Waals surface area contributed by atoms with Gasteiger partial charge in [-0.15, -0.1) is 0 Å². The zero-order valence-electron chi connectivity index (χ0n) is 40.4. The summed E-state index contributed by atoms with van der Waals surface area (Å²) in [5.41, 5.74) is -0.525. The van der Waals surface area contributed by atoms with E-state index < -0.39 is 29.3 Å². The number of carbonyl (C=O) groups excluding carboxylic acids is 5. The van der Waals surface area contributed by atoms with E-state index in [0.29, 0.717) is 95.5 Å². The molecule has 0 aliphatic carbocycles. The highest BCUT2D eigenvalue weighted by molar-refractivity contribution is 8.00. The fourth-order valence-electron chi connectivity index (χ4n) is 7.28. The Kier molecular flexibility index (Phi) is 24.7. The molecule has 2 aromatic carbocycles. The number of anilines is 5. The second kappa shape index (κ2) is 31.3. The van der Waals surface area contributed by atoms with Gasteiger partial charge in [-0.2, -0.15) is 29.9 Å². The summed E-state index contributed by atoms with van der Waals surface area (Å²) in [5.74, 6) is -1.68. The van der Waals surface area contributed by atoms with Crippen molar-refractivity contribution in [2.24, 2.45) is 0 Å². The molecule has 73 heavy (non-hydrogen) atoms. The minimum Gasteiger partial charge on any atom is -0.488 e. The van der Waals surface area contributed by atoms with Crippen molar-refractivity contribution in [1.29, 1.82) is 0 Å². The number of fused-ring (bicyclic) bond motifs is 1. The van der Waals surface area contributed by atoms with E-state index in [0.717, 1.165) is 30.7 Å². The second-order valence-corrected chi connectivity index (χ2v) is 17.8. The minimum absolute atomic E-state index is 0.0163. The van der Waals surface area contributed by atoms with E-state index in [9.17, 15) is 41.5 Å². The third kappa shape index (κ3) is 21.8. The maximum atomic E-state index is 14.9. The highest BCUT2D eigenvalue weighted by Crippen LogP contribution is 2.36. The predicted molar refractivity (Wildman–Crippen MR) is 265 cm³/mol. The van der Waals surface area contributed by atoms with Crippen molar-refractivity contribution in [3.63, 3.8) is 0 Å². The normalized spacial score (nSPS) is 15.9. The van der Waals surface area contributed by atoms with Gasteiger partial charge in [0.15, 0.2) is 11.6 Å². The fraction of sp³-hybridized carbons (Fsp3) is 0.521. The van der Waals surface area contributed by atoms with Gasteiger partial charge in [0.1, 0.15) is 18.0 Å². The van der Waals surface area contributed by atoms with Crippen molar-refractivity contribution in [2.75, 3.05) is 101 Å². The first kappa shape index (κ1) is 57.6. The highest BCUT2D eigenvalue weighted by atomic mass is 32.2. The lowest BCUT2D eigenvalue weighted by Gasteiger charge is -2.16. The molecule has 0 saturated carbocycles. The molecule has 20 nitrogen and oxygen atoms in total. The molecule has 0 spiro atoms. The molecule has 2 saturated heterocycles. The summed E-state index contributed by atoms with van der Waals surface area (Å²) >= 11 is 1.85. The first-order chi connectivity index (χ1) is 35.3. The van der Waals surface area contributed by atoms with Gasteiger partial charge in [0.25, 0.3) is 0 Å². The smallest absolute Gasteiger partial charge is 0.421 e. The molecule has 0 bridgehead atoms. The van der Waals surface area contributed by atoms with Gasteiger partial charge in [-0.05, 0) is 68.5 Å². The number of hydrogen-bond donors (Lipinski definition) is 8. The van der Waals surface area contributed by atoms with Crippen LogP contribution in [0.4, 0.5) is 51.2 Å². The summed E-state index contributed by atoms with van der Waals surface area (Å²) in [6.45, 7) is 7.46. The molecule has 3 atom stereocenters. The number of rotatable bonds is 35. The van der Waals surface area contributed by atoms with E-state index in [2.05, 4.69) is 59.1 Å². The van der Waals surface area contributed by atoms with Crippen LogP contribution in [0, 0.1) is 5.82 Å². The van der Waals surface area contributed by atoms with Gasteiger partial charge in [-0.3, -0.25) is 19.2 Å². The van der Waals surface area contributed by atoms with Gasteiger partial charge in [0.2, 0.25) is 29.6 Å². The molecule has 1 aromatic heterocycles. The lowest BCUT2D eigenvalue weighted by molar-refractivity contribution is -0.137. The van der Waals surface area contributed by atoms with Crippen LogP contribution in [0.15, 0.2) is 61.3 Å². The van der Waals surface area contributed by atoms with Gasteiger partial charge in [0.05, 0.1) is 51.7 Å². The zero-order valence-corrected chi connectivity index (χ0v) is 41.2. The Bertz CT molecular complexity index is 2270. The van der Waals surface area contributed by atoms with Crippen LogP contribution in [-0.2, 0) is 44.3 Å². The Balaban J connectivity index is 0.796. The number of aromatic nitrogens is 2. The van der Waals surface area contributed by atoms with Crippen LogP contribution in [0.2, 0.25) is 0 Å². The predicted octanol–water partition coefficient (Wildman–Crippen LogP) is 5.33. The first-order valence-corrected chi connectivity index (χ1v) is 25.1. The van der Waals surface area contributed by atoms with E-state index in [4.69, 9.17) is 23.7 Å². The number of urea groups is 1. The molecule has 8 N–H and O–H groups in total. The molecule has 2 aliphatic rings. The minimum atomic E-state index is -4.80. The number of benzene rings is 2. The number of amides is 6. The molecule has 5 rings (SSSR count). The molecular formula is C48H64F4N10O10S. The van der Waals surface area contributed by atoms with Gasteiger partial charge in [0, 0.05) is 92.4 Å². The molecular weight excluding hydrogens is 985 g/mol. The maximum absolute atomic E-state index is 14.9. The van der Waals surface area contributed by atoms with E-state index >= 15 is 0 Å². The zero-order chi connectivity index (χ0) is 52.3. The van der Waals surface area contributed by atoms with Crippen LogP contribution in [0.25, 0.3) is 0 Å². The van der Waals surface area contributed by atoms with Crippen LogP contribution in [-0.4, -0.2) is 142 Å². The lowest BCUT2D eigenvalue weighted by Crippen LogP contribution is -2.37.